The third-order valence-corrected chi connectivity index (χ3v) is 4.48. The average Bonchev–Trinajstić information content (AvgIpc) is 2.58. The highest BCUT2D eigenvalue weighted by atomic mass is 19.1. The predicted molar refractivity (Wildman–Crippen MR) is 96.8 cm³/mol. The molecule has 2 aromatic carbocycles. The van der Waals surface area contributed by atoms with Crippen molar-refractivity contribution in [1.82, 2.24) is 9.91 Å². The van der Waals surface area contributed by atoms with Gasteiger partial charge in [-0.15, -0.1) is 0 Å². The Balaban J connectivity index is 1.51. The summed E-state index contributed by atoms with van der Waals surface area (Å²) in [6, 6.07) is 13.1. The molecule has 0 atom stereocenters. The van der Waals surface area contributed by atoms with Crippen molar-refractivity contribution in [2.75, 3.05) is 26.2 Å². The van der Waals surface area contributed by atoms with Crippen molar-refractivity contribution in [3.05, 3.63) is 70.5 Å². The van der Waals surface area contributed by atoms with Crippen molar-refractivity contribution in [2.45, 2.75) is 20.4 Å². The zero-order valence-corrected chi connectivity index (χ0v) is 14.4. The quantitative estimate of drug-likeness (QED) is 0.800. The highest BCUT2D eigenvalue weighted by molar-refractivity contribution is 5.79. The molecule has 0 N–H and O–H groups in total. The van der Waals surface area contributed by atoms with E-state index in [2.05, 4.69) is 47.1 Å². The van der Waals surface area contributed by atoms with E-state index in [4.69, 9.17) is 0 Å². The molecular weight excluding hydrogens is 301 g/mol. The Bertz CT molecular complexity index is 701. The van der Waals surface area contributed by atoms with Gasteiger partial charge in [-0.1, -0.05) is 35.9 Å². The molecule has 0 saturated carbocycles. The van der Waals surface area contributed by atoms with Crippen LogP contribution in [0.1, 0.15) is 22.3 Å². The van der Waals surface area contributed by atoms with Crippen LogP contribution < -0.4 is 0 Å². The predicted octanol–water partition coefficient (Wildman–Crippen LogP) is 3.59. The van der Waals surface area contributed by atoms with Gasteiger partial charge in [0.1, 0.15) is 5.82 Å². The van der Waals surface area contributed by atoms with Gasteiger partial charge in [0.25, 0.3) is 0 Å². The van der Waals surface area contributed by atoms with Crippen LogP contribution in [0.25, 0.3) is 0 Å². The molecule has 0 bridgehead atoms. The first-order chi connectivity index (χ1) is 11.6. The normalized spacial score (nSPS) is 16.0. The molecule has 3 nitrogen and oxygen atoms in total. The van der Waals surface area contributed by atoms with Gasteiger partial charge >= 0.3 is 0 Å². The summed E-state index contributed by atoms with van der Waals surface area (Å²) in [5.41, 5.74) is 5.01. The summed E-state index contributed by atoms with van der Waals surface area (Å²) in [6.45, 7) is 9.18. The Kier molecular flexibility index (Phi) is 5.26. The van der Waals surface area contributed by atoms with E-state index in [1.807, 2.05) is 0 Å². The molecular formula is C20H24FN3. The molecule has 0 amide bonds. The van der Waals surface area contributed by atoms with Crippen LogP contribution in [0.15, 0.2) is 47.6 Å². The second kappa shape index (κ2) is 7.58. The number of rotatable bonds is 4. The Morgan fingerprint density at radius 3 is 2.38 bits per heavy atom. The third kappa shape index (κ3) is 4.42. The van der Waals surface area contributed by atoms with Crippen molar-refractivity contribution in [1.29, 1.82) is 0 Å². The smallest absolute Gasteiger partial charge is 0.123 e. The van der Waals surface area contributed by atoms with Crippen LogP contribution in [-0.2, 0) is 6.54 Å². The average molecular weight is 325 g/mol. The topological polar surface area (TPSA) is 18.8 Å². The minimum atomic E-state index is -0.216. The van der Waals surface area contributed by atoms with E-state index in [9.17, 15) is 4.39 Å². The summed E-state index contributed by atoms with van der Waals surface area (Å²) in [7, 11) is 0. The van der Waals surface area contributed by atoms with Gasteiger partial charge in [-0.05, 0) is 42.7 Å². The molecule has 0 unspecified atom stereocenters. The number of piperazine rings is 1. The summed E-state index contributed by atoms with van der Waals surface area (Å²) in [6.07, 6.45) is 1.80. The van der Waals surface area contributed by atoms with E-state index >= 15 is 0 Å². The molecule has 2 aromatic rings. The lowest BCUT2D eigenvalue weighted by Gasteiger charge is -2.33. The van der Waals surface area contributed by atoms with Gasteiger partial charge in [-0.3, -0.25) is 9.91 Å². The van der Waals surface area contributed by atoms with Gasteiger partial charge in [0, 0.05) is 32.7 Å². The lowest BCUT2D eigenvalue weighted by atomic mass is 10.1. The number of benzene rings is 2. The Morgan fingerprint density at radius 2 is 1.71 bits per heavy atom. The van der Waals surface area contributed by atoms with E-state index in [0.29, 0.717) is 0 Å². The Morgan fingerprint density at radius 1 is 1.00 bits per heavy atom. The second-order valence-electron chi connectivity index (χ2n) is 6.46. The molecule has 0 radical (unpaired) electrons. The number of halogens is 1. The molecule has 0 aromatic heterocycles. The lowest BCUT2D eigenvalue weighted by molar-refractivity contribution is 0.131. The summed E-state index contributed by atoms with van der Waals surface area (Å²) < 4.78 is 12.9. The number of aryl methyl sites for hydroxylation is 2. The maximum atomic E-state index is 12.9. The largest absolute Gasteiger partial charge is 0.295 e. The number of nitrogens with zero attached hydrogens (tertiary/aromatic N) is 3. The molecule has 1 saturated heterocycles. The highest BCUT2D eigenvalue weighted by Gasteiger charge is 2.16. The summed E-state index contributed by atoms with van der Waals surface area (Å²) in [5, 5.41) is 6.60. The molecule has 1 fully saturated rings. The van der Waals surface area contributed by atoms with Crippen molar-refractivity contribution < 1.29 is 4.39 Å². The number of hydrazone groups is 1. The van der Waals surface area contributed by atoms with Gasteiger partial charge in [0.2, 0.25) is 0 Å². The second-order valence-corrected chi connectivity index (χ2v) is 6.46. The molecule has 24 heavy (non-hydrogen) atoms. The fraction of sp³-hybridized carbons (Fsp3) is 0.350. The number of hydrogen-bond acceptors (Lipinski definition) is 3. The van der Waals surface area contributed by atoms with Crippen LogP contribution in [0, 0.1) is 19.7 Å². The fourth-order valence-electron chi connectivity index (χ4n) is 2.97. The molecule has 4 heteroatoms. The SMILES string of the molecule is Cc1ccc(CN2CCN(N=Cc3ccc(F)cc3)CC2)c(C)c1. The molecule has 1 aliphatic heterocycles. The maximum Gasteiger partial charge on any atom is 0.123 e. The maximum absolute atomic E-state index is 12.9. The lowest BCUT2D eigenvalue weighted by Crippen LogP contribution is -2.43. The first kappa shape index (κ1) is 16.7. The molecule has 3 rings (SSSR count). The van der Waals surface area contributed by atoms with Crippen LogP contribution in [0.4, 0.5) is 4.39 Å². The zero-order valence-electron chi connectivity index (χ0n) is 14.4. The van der Waals surface area contributed by atoms with E-state index < -0.39 is 0 Å². The zero-order chi connectivity index (χ0) is 16.9. The summed E-state index contributed by atoms with van der Waals surface area (Å²) in [5.74, 6) is -0.216. The van der Waals surface area contributed by atoms with Crippen molar-refractivity contribution >= 4 is 6.21 Å². The summed E-state index contributed by atoms with van der Waals surface area (Å²) in [4.78, 5) is 2.47. The third-order valence-electron chi connectivity index (χ3n) is 4.48. The highest BCUT2D eigenvalue weighted by Crippen LogP contribution is 2.14. The van der Waals surface area contributed by atoms with Crippen LogP contribution >= 0.6 is 0 Å². The standard InChI is InChI=1S/C20H24FN3/c1-16-3-6-19(17(2)13-16)15-23-9-11-24(12-10-23)22-14-18-4-7-20(21)8-5-18/h3-8,13-14H,9-12,15H2,1-2H3. The number of hydrogen-bond donors (Lipinski definition) is 0. The molecule has 0 aliphatic carbocycles. The monoisotopic (exact) mass is 325 g/mol. The molecule has 1 heterocycles. The van der Waals surface area contributed by atoms with Crippen LogP contribution in [-0.4, -0.2) is 42.3 Å². The van der Waals surface area contributed by atoms with E-state index in [0.717, 1.165) is 38.3 Å². The minimum absolute atomic E-state index is 0.216. The van der Waals surface area contributed by atoms with E-state index in [1.54, 1.807) is 18.3 Å². The first-order valence-corrected chi connectivity index (χ1v) is 8.43. The van der Waals surface area contributed by atoms with Crippen molar-refractivity contribution in [3.8, 4) is 0 Å². The molecule has 126 valence electrons. The van der Waals surface area contributed by atoms with Gasteiger partial charge < -0.3 is 0 Å². The van der Waals surface area contributed by atoms with Gasteiger partial charge in [-0.2, -0.15) is 5.10 Å². The molecule has 0 spiro atoms. The fourth-order valence-corrected chi connectivity index (χ4v) is 2.97. The van der Waals surface area contributed by atoms with Crippen LogP contribution in [0.5, 0.6) is 0 Å². The van der Waals surface area contributed by atoms with Crippen molar-refractivity contribution in [3.63, 3.8) is 0 Å². The van der Waals surface area contributed by atoms with Crippen LogP contribution in [0.3, 0.4) is 0 Å². The van der Waals surface area contributed by atoms with E-state index in [-0.39, 0.29) is 5.82 Å². The minimum Gasteiger partial charge on any atom is -0.295 e. The molecule has 1 aliphatic rings. The Hall–Kier alpha value is -2.20. The Labute approximate surface area is 143 Å². The van der Waals surface area contributed by atoms with E-state index in [1.165, 1.54) is 28.8 Å². The van der Waals surface area contributed by atoms with Gasteiger partial charge in [0.05, 0.1) is 6.21 Å². The van der Waals surface area contributed by atoms with Crippen molar-refractivity contribution in [2.24, 2.45) is 5.10 Å². The van der Waals surface area contributed by atoms with Gasteiger partial charge in [0.15, 0.2) is 0 Å². The summed E-state index contributed by atoms with van der Waals surface area (Å²) >= 11 is 0. The first-order valence-electron chi connectivity index (χ1n) is 8.43. The van der Waals surface area contributed by atoms with Gasteiger partial charge in [-0.25, -0.2) is 4.39 Å². The van der Waals surface area contributed by atoms with Crippen LogP contribution in [0.2, 0.25) is 0 Å².